The molecule has 0 aliphatic rings. The minimum absolute atomic E-state index is 0.462. The van der Waals surface area contributed by atoms with Crippen LogP contribution in [-0.2, 0) is 0 Å². The van der Waals surface area contributed by atoms with Crippen molar-refractivity contribution in [3.63, 3.8) is 0 Å². The van der Waals surface area contributed by atoms with Crippen molar-refractivity contribution in [3.8, 4) is 11.5 Å². The van der Waals surface area contributed by atoms with Gasteiger partial charge in [0.1, 0.15) is 11.5 Å². The number of methoxy groups -OCH3 is 2. The molecule has 0 atom stereocenters. The second-order valence-electron chi connectivity index (χ2n) is 5.56. The van der Waals surface area contributed by atoms with Crippen molar-refractivity contribution >= 4 is 29.1 Å². The van der Waals surface area contributed by atoms with E-state index in [9.17, 15) is 0 Å². The molecule has 8 nitrogen and oxygen atoms in total. The third kappa shape index (κ3) is 5.61. The maximum atomic E-state index is 6.12. The van der Waals surface area contributed by atoms with Gasteiger partial charge in [-0.3, -0.25) is 0 Å². The van der Waals surface area contributed by atoms with Gasteiger partial charge in [-0.2, -0.15) is 10.1 Å². The van der Waals surface area contributed by atoms with E-state index in [0.717, 1.165) is 19.5 Å². The van der Waals surface area contributed by atoms with E-state index < -0.39 is 0 Å². The van der Waals surface area contributed by atoms with E-state index in [1.165, 1.54) is 6.20 Å². The summed E-state index contributed by atoms with van der Waals surface area (Å²) in [7, 11) is 7.20. The Balaban J connectivity index is 2.09. The highest BCUT2D eigenvalue weighted by atomic mass is 35.5. The predicted octanol–water partition coefficient (Wildman–Crippen LogP) is 2.65. The SMILES string of the molecule is COc1cc(Nc2cnnc(NCCCN(C)C)n2)c(OC)cc1Cl. The molecule has 2 rings (SSSR count). The summed E-state index contributed by atoms with van der Waals surface area (Å²) in [5.41, 5.74) is 0.669. The molecular weight excluding hydrogens is 344 g/mol. The van der Waals surface area contributed by atoms with E-state index in [1.807, 2.05) is 14.1 Å². The molecule has 0 saturated carbocycles. The van der Waals surface area contributed by atoms with Crippen LogP contribution in [0.1, 0.15) is 6.42 Å². The van der Waals surface area contributed by atoms with Gasteiger partial charge in [-0.25, -0.2) is 0 Å². The van der Waals surface area contributed by atoms with Crippen LogP contribution >= 0.6 is 11.6 Å². The maximum Gasteiger partial charge on any atom is 0.244 e. The van der Waals surface area contributed by atoms with Gasteiger partial charge in [-0.15, -0.1) is 5.10 Å². The molecule has 0 bridgehead atoms. The van der Waals surface area contributed by atoms with Gasteiger partial charge in [-0.05, 0) is 27.1 Å². The fraction of sp³-hybridized carbons (Fsp3) is 0.438. The van der Waals surface area contributed by atoms with Gasteiger partial charge < -0.3 is 25.0 Å². The number of halogens is 1. The molecule has 0 radical (unpaired) electrons. The van der Waals surface area contributed by atoms with Crippen LogP contribution in [0.2, 0.25) is 5.02 Å². The lowest BCUT2D eigenvalue weighted by Gasteiger charge is -2.14. The van der Waals surface area contributed by atoms with Crippen LogP contribution in [-0.4, -0.2) is 61.5 Å². The molecule has 9 heteroatoms. The average molecular weight is 367 g/mol. The molecule has 0 amide bonds. The Labute approximate surface area is 152 Å². The molecule has 136 valence electrons. The fourth-order valence-electron chi connectivity index (χ4n) is 2.13. The number of hydrogen-bond acceptors (Lipinski definition) is 8. The van der Waals surface area contributed by atoms with Gasteiger partial charge in [0.2, 0.25) is 5.95 Å². The lowest BCUT2D eigenvalue weighted by atomic mass is 10.2. The van der Waals surface area contributed by atoms with Crippen LogP contribution < -0.4 is 20.1 Å². The number of nitrogens with one attached hydrogen (secondary N) is 2. The zero-order valence-electron chi connectivity index (χ0n) is 14.8. The van der Waals surface area contributed by atoms with E-state index in [4.69, 9.17) is 21.1 Å². The molecule has 0 aliphatic carbocycles. The van der Waals surface area contributed by atoms with Crippen molar-refractivity contribution in [2.24, 2.45) is 0 Å². The molecule has 1 aromatic carbocycles. The van der Waals surface area contributed by atoms with E-state index in [0.29, 0.717) is 34.0 Å². The summed E-state index contributed by atoms with van der Waals surface area (Å²) in [6, 6.07) is 3.42. The highest BCUT2D eigenvalue weighted by Gasteiger charge is 2.11. The summed E-state index contributed by atoms with van der Waals surface area (Å²) < 4.78 is 10.6. The van der Waals surface area contributed by atoms with Gasteiger partial charge in [0.25, 0.3) is 0 Å². The summed E-state index contributed by atoms with van der Waals surface area (Å²) in [6.07, 6.45) is 2.52. The first-order valence-corrected chi connectivity index (χ1v) is 8.18. The topological polar surface area (TPSA) is 84.4 Å². The summed E-state index contributed by atoms with van der Waals surface area (Å²) >= 11 is 6.12. The molecule has 0 saturated heterocycles. The first-order chi connectivity index (χ1) is 12.0. The smallest absolute Gasteiger partial charge is 0.244 e. The summed E-state index contributed by atoms with van der Waals surface area (Å²) in [4.78, 5) is 6.52. The second kappa shape index (κ2) is 9.24. The van der Waals surface area contributed by atoms with Crippen molar-refractivity contribution in [3.05, 3.63) is 23.4 Å². The normalized spacial score (nSPS) is 10.6. The summed E-state index contributed by atoms with van der Waals surface area (Å²) in [5, 5.41) is 14.7. The third-order valence-electron chi connectivity index (χ3n) is 3.36. The van der Waals surface area contributed by atoms with E-state index in [-0.39, 0.29) is 0 Å². The van der Waals surface area contributed by atoms with Crippen LogP contribution in [0.4, 0.5) is 17.5 Å². The highest BCUT2D eigenvalue weighted by molar-refractivity contribution is 6.32. The first kappa shape index (κ1) is 19.0. The molecule has 1 aromatic heterocycles. The fourth-order valence-corrected chi connectivity index (χ4v) is 2.36. The number of hydrogen-bond donors (Lipinski definition) is 2. The Morgan fingerprint density at radius 1 is 1.16 bits per heavy atom. The van der Waals surface area contributed by atoms with Crippen LogP contribution in [0.3, 0.4) is 0 Å². The number of rotatable bonds is 9. The van der Waals surface area contributed by atoms with Crippen LogP contribution in [0.5, 0.6) is 11.5 Å². The van der Waals surface area contributed by atoms with E-state index in [1.54, 1.807) is 26.4 Å². The van der Waals surface area contributed by atoms with Crippen molar-refractivity contribution in [2.45, 2.75) is 6.42 Å². The van der Waals surface area contributed by atoms with Crippen molar-refractivity contribution in [2.75, 3.05) is 52.0 Å². The van der Waals surface area contributed by atoms with Crippen molar-refractivity contribution < 1.29 is 9.47 Å². The van der Waals surface area contributed by atoms with Crippen molar-refractivity contribution in [1.82, 2.24) is 20.1 Å². The molecule has 25 heavy (non-hydrogen) atoms. The van der Waals surface area contributed by atoms with E-state index >= 15 is 0 Å². The summed E-state index contributed by atoms with van der Waals surface area (Å²) in [5.74, 6) is 2.11. The molecule has 0 spiro atoms. The second-order valence-corrected chi connectivity index (χ2v) is 5.97. The van der Waals surface area contributed by atoms with Crippen LogP contribution in [0.15, 0.2) is 18.3 Å². The highest BCUT2D eigenvalue weighted by Crippen LogP contribution is 2.36. The molecule has 2 N–H and O–H groups in total. The molecule has 0 aliphatic heterocycles. The van der Waals surface area contributed by atoms with Gasteiger partial charge in [-0.1, -0.05) is 11.6 Å². The lowest BCUT2D eigenvalue weighted by Crippen LogP contribution is -2.17. The first-order valence-electron chi connectivity index (χ1n) is 7.80. The van der Waals surface area contributed by atoms with Gasteiger partial charge in [0, 0.05) is 18.7 Å². The largest absolute Gasteiger partial charge is 0.495 e. The molecule has 2 aromatic rings. The number of nitrogens with zero attached hydrogens (tertiary/aromatic N) is 4. The Morgan fingerprint density at radius 3 is 2.60 bits per heavy atom. The molecule has 0 unspecified atom stereocenters. The molecule has 0 fully saturated rings. The average Bonchev–Trinajstić information content (AvgIpc) is 2.60. The molecule has 1 heterocycles. The van der Waals surface area contributed by atoms with Gasteiger partial charge in [0.15, 0.2) is 5.82 Å². The Bertz CT molecular complexity index is 698. The monoisotopic (exact) mass is 366 g/mol. The number of benzene rings is 1. The standard InChI is InChI=1S/C16H23ClN6O2/c1-23(2)7-5-6-18-16-21-15(10-19-22-16)20-12-9-13(24-3)11(17)8-14(12)25-4/h8-10H,5-7H2,1-4H3,(H2,18,20,21,22). The Kier molecular flexibility index (Phi) is 7.03. The number of anilines is 3. The number of aromatic nitrogens is 3. The third-order valence-corrected chi connectivity index (χ3v) is 3.66. The van der Waals surface area contributed by atoms with E-state index in [2.05, 4.69) is 30.7 Å². The minimum atomic E-state index is 0.462. The molecular formula is C16H23ClN6O2. The van der Waals surface area contributed by atoms with Crippen LogP contribution in [0, 0.1) is 0 Å². The predicted molar refractivity (Wildman–Crippen MR) is 99.3 cm³/mol. The van der Waals surface area contributed by atoms with Crippen molar-refractivity contribution in [1.29, 1.82) is 0 Å². The minimum Gasteiger partial charge on any atom is -0.495 e. The Morgan fingerprint density at radius 2 is 1.92 bits per heavy atom. The summed E-state index contributed by atoms with van der Waals surface area (Å²) in [6.45, 7) is 1.75. The maximum absolute atomic E-state index is 6.12. The van der Waals surface area contributed by atoms with Crippen LogP contribution in [0.25, 0.3) is 0 Å². The van der Waals surface area contributed by atoms with Gasteiger partial charge >= 0.3 is 0 Å². The van der Waals surface area contributed by atoms with Gasteiger partial charge in [0.05, 0.1) is 31.1 Å². The lowest BCUT2D eigenvalue weighted by molar-refractivity contribution is 0.405. The zero-order valence-corrected chi connectivity index (χ0v) is 15.6. The quantitative estimate of drug-likeness (QED) is 0.655. The Hall–Kier alpha value is -2.32. The zero-order chi connectivity index (χ0) is 18.2. The number of ether oxygens (including phenoxy) is 2.